The van der Waals surface area contributed by atoms with Crippen molar-refractivity contribution in [2.45, 2.75) is 16.2 Å². The number of ether oxygens (including phenoxy) is 1. The highest BCUT2D eigenvalue weighted by Crippen LogP contribution is 2.40. The minimum atomic E-state index is -0.270. The van der Waals surface area contributed by atoms with Crippen LogP contribution in [0.3, 0.4) is 0 Å². The number of carbonyl (C=O) groups excluding carboxylic acids is 1. The zero-order valence-corrected chi connectivity index (χ0v) is 19.6. The molecule has 3 rings (SSSR count). The SMILES string of the molecule is COC(=O)Cc1ccccc1Sc1ccc(/C=C/CN2CCN(C)CC2)c(Cl)c1Cl. The number of benzene rings is 2. The summed E-state index contributed by atoms with van der Waals surface area (Å²) in [5.41, 5.74) is 1.81. The van der Waals surface area contributed by atoms with E-state index in [0.29, 0.717) is 10.0 Å². The maximum Gasteiger partial charge on any atom is 0.310 e. The molecule has 0 amide bonds. The molecule has 0 spiro atoms. The molecule has 1 heterocycles. The van der Waals surface area contributed by atoms with E-state index >= 15 is 0 Å². The maximum atomic E-state index is 11.7. The molecule has 0 saturated carbocycles. The predicted molar refractivity (Wildman–Crippen MR) is 126 cm³/mol. The molecule has 1 saturated heterocycles. The molecule has 7 heteroatoms. The van der Waals surface area contributed by atoms with Gasteiger partial charge in [0, 0.05) is 42.5 Å². The van der Waals surface area contributed by atoms with Gasteiger partial charge in [-0.25, -0.2) is 0 Å². The Kier molecular flexibility index (Phi) is 8.66. The first-order valence-electron chi connectivity index (χ1n) is 9.86. The fourth-order valence-corrected chi connectivity index (χ4v) is 4.76. The van der Waals surface area contributed by atoms with Crippen LogP contribution >= 0.6 is 35.0 Å². The summed E-state index contributed by atoms with van der Waals surface area (Å²) >= 11 is 14.6. The summed E-state index contributed by atoms with van der Waals surface area (Å²) in [5.74, 6) is -0.270. The Morgan fingerprint density at radius 3 is 2.53 bits per heavy atom. The molecule has 2 aromatic rings. The number of hydrogen-bond acceptors (Lipinski definition) is 5. The van der Waals surface area contributed by atoms with E-state index in [9.17, 15) is 4.79 Å². The van der Waals surface area contributed by atoms with Gasteiger partial charge < -0.3 is 9.64 Å². The van der Waals surface area contributed by atoms with E-state index in [1.807, 2.05) is 42.5 Å². The minimum Gasteiger partial charge on any atom is -0.469 e. The normalized spacial score (nSPS) is 15.6. The van der Waals surface area contributed by atoms with Gasteiger partial charge in [0.15, 0.2) is 0 Å². The molecule has 0 unspecified atom stereocenters. The molecule has 4 nitrogen and oxygen atoms in total. The second-order valence-corrected chi connectivity index (χ2v) is 9.09. The summed E-state index contributed by atoms with van der Waals surface area (Å²) in [5, 5.41) is 1.07. The number of nitrogens with zero attached hydrogens (tertiary/aromatic N) is 2. The molecule has 0 radical (unpaired) electrons. The molecule has 0 aliphatic carbocycles. The molecule has 0 atom stereocenters. The lowest BCUT2D eigenvalue weighted by molar-refractivity contribution is -0.139. The van der Waals surface area contributed by atoms with Gasteiger partial charge in [0.25, 0.3) is 0 Å². The largest absolute Gasteiger partial charge is 0.469 e. The van der Waals surface area contributed by atoms with Crippen LogP contribution in [-0.2, 0) is 16.0 Å². The van der Waals surface area contributed by atoms with Crippen molar-refractivity contribution in [2.24, 2.45) is 0 Å². The average molecular weight is 465 g/mol. The van der Waals surface area contributed by atoms with E-state index < -0.39 is 0 Å². The Bertz CT molecular complexity index is 912. The molecule has 160 valence electrons. The standard InChI is InChI=1S/C23H26Cl2N2O2S/c1-26-12-14-27(15-13-26)11-5-7-17-9-10-20(23(25)22(17)24)30-19-8-4-3-6-18(19)16-21(28)29-2/h3-10H,11-16H2,1-2H3/b7-5+. The maximum absolute atomic E-state index is 11.7. The van der Waals surface area contributed by atoms with E-state index in [1.165, 1.54) is 18.9 Å². The summed E-state index contributed by atoms with van der Waals surface area (Å²) < 4.78 is 4.80. The van der Waals surface area contributed by atoms with Crippen LogP contribution in [0.1, 0.15) is 11.1 Å². The van der Waals surface area contributed by atoms with Crippen LogP contribution in [-0.4, -0.2) is 62.7 Å². The summed E-state index contributed by atoms with van der Waals surface area (Å²) in [6.07, 6.45) is 4.39. The van der Waals surface area contributed by atoms with Crippen molar-refractivity contribution >= 4 is 47.0 Å². The van der Waals surface area contributed by atoms with Gasteiger partial charge >= 0.3 is 5.97 Å². The molecule has 0 N–H and O–H groups in total. The summed E-state index contributed by atoms with van der Waals surface area (Å²) in [4.78, 5) is 18.3. The molecule has 0 bridgehead atoms. The van der Waals surface area contributed by atoms with Gasteiger partial charge in [-0.05, 0) is 30.3 Å². The van der Waals surface area contributed by atoms with E-state index in [0.717, 1.165) is 53.6 Å². The fraction of sp³-hybridized carbons (Fsp3) is 0.348. The van der Waals surface area contributed by atoms with E-state index in [-0.39, 0.29) is 12.4 Å². The van der Waals surface area contributed by atoms with Crippen molar-refractivity contribution in [1.82, 2.24) is 9.80 Å². The van der Waals surface area contributed by atoms with Gasteiger partial charge in [-0.15, -0.1) is 0 Å². The topological polar surface area (TPSA) is 32.8 Å². The molecule has 2 aromatic carbocycles. The lowest BCUT2D eigenvalue weighted by Gasteiger charge is -2.31. The van der Waals surface area contributed by atoms with Crippen LogP contribution < -0.4 is 0 Å². The average Bonchev–Trinajstić information content (AvgIpc) is 2.75. The van der Waals surface area contributed by atoms with Crippen molar-refractivity contribution in [3.05, 3.63) is 63.6 Å². The molecule has 1 aliphatic rings. The number of hydrogen-bond donors (Lipinski definition) is 0. The van der Waals surface area contributed by atoms with Crippen LogP contribution in [0, 0.1) is 0 Å². The van der Waals surface area contributed by atoms with Gasteiger partial charge in [0.1, 0.15) is 0 Å². The van der Waals surface area contributed by atoms with Crippen molar-refractivity contribution in [1.29, 1.82) is 0 Å². The van der Waals surface area contributed by atoms with Crippen molar-refractivity contribution < 1.29 is 9.53 Å². The Labute approximate surface area is 192 Å². The molecule has 1 fully saturated rings. The lowest BCUT2D eigenvalue weighted by atomic mass is 10.1. The number of methoxy groups -OCH3 is 1. The highest BCUT2D eigenvalue weighted by molar-refractivity contribution is 7.99. The first-order valence-corrected chi connectivity index (χ1v) is 11.4. The smallest absolute Gasteiger partial charge is 0.310 e. The Hall–Kier alpha value is -1.50. The summed E-state index contributed by atoms with van der Waals surface area (Å²) in [7, 11) is 3.55. The summed E-state index contributed by atoms with van der Waals surface area (Å²) in [6, 6.07) is 11.7. The van der Waals surface area contributed by atoms with E-state index in [2.05, 4.69) is 22.9 Å². The molecule has 1 aliphatic heterocycles. The molecular weight excluding hydrogens is 439 g/mol. The first-order chi connectivity index (χ1) is 14.5. The van der Waals surface area contributed by atoms with Crippen LogP contribution in [0.4, 0.5) is 0 Å². The number of rotatable bonds is 7. The second-order valence-electron chi connectivity index (χ2n) is 7.25. The summed E-state index contributed by atoms with van der Waals surface area (Å²) in [6.45, 7) is 5.26. The molecule has 0 aromatic heterocycles. The number of halogens is 2. The Morgan fingerprint density at radius 2 is 1.80 bits per heavy atom. The number of esters is 1. The minimum absolute atomic E-state index is 0.220. The van der Waals surface area contributed by atoms with Gasteiger partial charge in [0.05, 0.1) is 23.6 Å². The number of piperazine rings is 1. The van der Waals surface area contributed by atoms with E-state index in [4.69, 9.17) is 27.9 Å². The monoisotopic (exact) mass is 464 g/mol. The first kappa shape index (κ1) is 23.2. The van der Waals surface area contributed by atoms with Crippen molar-refractivity contribution in [2.75, 3.05) is 46.9 Å². The predicted octanol–water partition coefficient (Wildman–Crippen LogP) is 5.12. The van der Waals surface area contributed by atoms with Crippen LogP contribution in [0.5, 0.6) is 0 Å². The highest BCUT2D eigenvalue weighted by Gasteiger charge is 2.14. The van der Waals surface area contributed by atoms with Gasteiger partial charge in [-0.3, -0.25) is 9.69 Å². The Balaban J connectivity index is 1.69. The van der Waals surface area contributed by atoms with E-state index in [1.54, 1.807) is 0 Å². The second kappa shape index (κ2) is 11.2. The Morgan fingerprint density at radius 1 is 1.07 bits per heavy atom. The fourth-order valence-electron chi connectivity index (χ4n) is 3.21. The van der Waals surface area contributed by atoms with Crippen LogP contribution in [0.15, 0.2) is 52.3 Å². The quantitative estimate of drug-likeness (QED) is 0.530. The third-order valence-corrected chi connectivity index (χ3v) is 7.28. The van der Waals surface area contributed by atoms with Crippen molar-refractivity contribution in [3.63, 3.8) is 0 Å². The van der Waals surface area contributed by atoms with Crippen molar-refractivity contribution in [3.8, 4) is 0 Å². The van der Waals surface area contributed by atoms with Crippen LogP contribution in [0.25, 0.3) is 6.08 Å². The highest BCUT2D eigenvalue weighted by atomic mass is 35.5. The number of carbonyl (C=O) groups is 1. The lowest BCUT2D eigenvalue weighted by Crippen LogP contribution is -2.44. The molecule has 30 heavy (non-hydrogen) atoms. The third-order valence-electron chi connectivity index (χ3n) is 5.09. The zero-order valence-electron chi connectivity index (χ0n) is 17.2. The van der Waals surface area contributed by atoms with Gasteiger partial charge in [0.2, 0.25) is 0 Å². The van der Waals surface area contributed by atoms with Crippen LogP contribution in [0.2, 0.25) is 10.0 Å². The molecular formula is C23H26Cl2N2O2S. The number of likely N-dealkylation sites (N-methyl/N-ethyl adjacent to an activating group) is 1. The zero-order chi connectivity index (χ0) is 21.5. The van der Waals surface area contributed by atoms with Gasteiger partial charge in [-0.1, -0.05) is 71.4 Å². The van der Waals surface area contributed by atoms with Gasteiger partial charge in [-0.2, -0.15) is 0 Å². The third kappa shape index (κ3) is 6.25.